The van der Waals surface area contributed by atoms with Crippen LogP contribution in [0.4, 0.5) is 0 Å². The van der Waals surface area contributed by atoms with Gasteiger partial charge in [-0.15, -0.1) is 0 Å². The summed E-state index contributed by atoms with van der Waals surface area (Å²) in [6.07, 6.45) is 1.44. The maximum atomic E-state index is 13.4. The van der Waals surface area contributed by atoms with Crippen LogP contribution in [-0.2, 0) is 16.2 Å². The molecule has 2 aliphatic rings. The lowest BCUT2D eigenvalue weighted by Crippen LogP contribution is -2.38. The third-order valence-electron chi connectivity index (χ3n) is 6.77. The second kappa shape index (κ2) is 10.4. The quantitative estimate of drug-likeness (QED) is 0.446. The molecule has 36 heavy (non-hydrogen) atoms. The first-order chi connectivity index (χ1) is 17.5. The lowest BCUT2D eigenvalue weighted by Gasteiger charge is -2.34. The summed E-state index contributed by atoms with van der Waals surface area (Å²) in [5.74, 6) is 1.37. The first-order valence-corrected chi connectivity index (χ1v) is 12.6. The zero-order chi connectivity index (χ0) is 25.1. The number of carbonyl (C=O) groups is 2. The van der Waals surface area contributed by atoms with E-state index in [1.807, 2.05) is 92.7 Å². The molecule has 0 spiro atoms. The van der Waals surface area contributed by atoms with Gasteiger partial charge in [-0.05, 0) is 67.1 Å². The fourth-order valence-corrected chi connectivity index (χ4v) is 5.13. The smallest absolute Gasteiger partial charge is 0.225 e. The molecule has 3 aromatic rings. The molecule has 0 saturated heterocycles. The van der Waals surface area contributed by atoms with E-state index in [2.05, 4.69) is 5.32 Å². The summed E-state index contributed by atoms with van der Waals surface area (Å²) in [6.45, 7) is 4.45. The Hall–Kier alpha value is -3.86. The number of Topliss-reactive ketones (excluding diaryl/α,β-unsaturated/α-hetero) is 1. The molecule has 3 aromatic carbocycles. The number of hydrogen-bond donors (Lipinski definition) is 1. The molecule has 5 rings (SSSR count). The lowest BCUT2D eigenvalue weighted by atomic mass is 9.73. The van der Waals surface area contributed by atoms with Gasteiger partial charge < -0.3 is 14.8 Å². The van der Waals surface area contributed by atoms with Crippen LogP contribution in [0.25, 0.3) is 0 Å². The van der Waals surface area contributed by atoms with Gasteiger partial charge >= 0.3 is 0 Å². The van der Waals surface area contributed by atoms with E-state index >= 15 is 0 Å². The first-order valence-electron chi connectivity index (χ1n) is 12.6. The van der Waals surface area contributed by atoms with Crippen molar-refractivity contribution in [2.45, 2.75) is 57.7 Å². The number of nitrogens with one attached hydrogen (secondary N) is 1. The molecule has 1 N–H and O–H groups in total. The SMILES string of the molecule is CC(C)Oc1ccc(C2CC(=O)C3=C(C2)NC(=O)CC3c2cccc(OCc3ccccc3)c2)cc1. The molecule has 1 heterocycles. The number of amides is 1. The Morgan fingerprint density at radius 2 is 1.61 bits per heavy atom. The van der Waals surface area contributed by atoms with E-state index in [9.17, 15) is 9.59 Å². The summed E-state index contributed by atoms with van der Waals surface area (Å²) in [7, 11) is 0. The van der Waals surface area contributed by atoms with Crippen molar-refractivity contribution < 1.29 is 19.1 Å². The van der Waals surface area contributed by atoms with Gasteiger partial charge in [-0.2, -0.15) is 0 Å². The summed E-state index contributed by atoms with van der Waals surface area (Å²) in [5.41, 5.74) is 4.60. The second-order valence-corrected chi connectivity index (χ2v) is 9.81. The molecule has 184 valence electrons. The van der Waals surface area contributed by atoms with E-state index < -0.39 is 0 Å². The topological polar surface area (TPSA) is 64.6 Å². The third-order valence-corrected chi connectivity index (χ3v) is 6.77. The summed E-state index contributed by atoms with van der Waals surface area (Å²) in [4.78, 5) is 26.1. The molecular formula is C31H31NO4. The highest BCUT2D eigenvalue weighted by Crippen LogP contribution is 2.43. The summed E-state index contributed by atoms with van der Waals surface area (Å²) in [5, 5.41) is 3.01. The second-order valence-electron chi connectivity index (χ2n) is 9.81. The van der Waals surface area contributed by atoms with Crippen molar-refractivity contribution in [3.8, 4) is 11.5 Å². The summed E-state index contributed by atoms with van der Waals surface area (Å²) in [6, 6.07) is 25.7. The Morgan fingerprint density at radius 3 is 2.36 bits per heavy atom. The molecule has 1 aliphatic heterocycles. The molecule has 2 unspecified atom stereocenters. The predicted molar refractivity (Wildman–Crippen MR) is 139 cm³/mol. The van der Waals surface area contributed by atoms with Crippen molar-refractivity contribution in [3.05, 3.63) is 107 Å². The third kappa shape index (κ3) is 5.35. The van der Waals surface area contributed by atoms with Gasteiger partial charge in [0.15, 0.2) is 5.78 Å². The van der Waals surface area contributed by atoms with Crippen molar-refractivity contribution in [3.63, 3.8) is 0 Å². The van der Waals surface area contributed by atoms with E-state index in [4.69, 9.17) is 9.47 Å². The molecule has 0 fully saturated rings. The molecule has 5 heteroatoms. The average Bonchev–Trinajstić information content (AvgIpc) is 2.87. The van der Waals surface area contributed by atoms with Crippen molar-refractivity contribution in [2.24, 2.45) is 0 Å². The van der Waals surface area contributed by atoms with E-state index in [-0.39, 0.29) is 36.1 Å². The molecule has 0 aromatic heterocycles. The van der Waals surface area contributed by atoms with Gasteiger partial charge in [0.25, 0.3) is 0 Å². The molecule has 5 nitrogen and oxygen atoms in total. The Bertz CT molecular complexity index is 1280. The van der Waals surface area contributed by atoms with Crippen LogP contribution in [0, 0.1) is 0 Å². The van der Waals surface area contributed by atoms with Gasteiger partial charge in [-0.1, -0.05) is 54.6 Å². The number of allylic oxidation sites excluding steroid dienone is 2. The van der Waals surface area contributed by atoms with Crippen LogP contribution in [0.1, 0.15) is 61.6 Å². The van der Waals surface area contributed by atoms with E-state index in [1.165, 1.54) is 0 Å². The monoisotopic (exact) mass is 481 g/mol. The van der Waals surface area contributed by atoms with Crippen LogP contribution in [-0.4, -0.2) is 17.8 Å². The van der Waals surface area contributed by atoms with Gasteiger partial charge in [0.05, 0.1) is 6.10 Å². The number of ketones is 1. The van der Waals surface area contributed by atoms with Crippen LogP contribution in [0.5, 0.6) is 11.5 Å². The fraction of sp³-hybridized carbons (Fsp3) is 0.290. The number of ether oxygens (including phenoxy) is 2. The van der Waals surface area contributed by atoms with Gasteiger partial charge in [0.1, 0.15) is 18.1 Å². The van der Waals surface area contributed by atoms with Crippen LogP contribution in [0.3, 0.4) is 0 Å². The number of hydrogen-bond acceptors (Lipinski definition) is 4. The largest absolute Gasteiger partial charge is 0.491 e. The Morgan fingerprint density at radius 1 is 0.833 bits per heavy atom. The average molecular weight is 482 g/mol. The summed E-state index contributed by atoms with van der Waals surface area (Å²) < 4.78 is 11.8. The molecule has 1 amide bonds. The van der Waals surface area contributed by atoms with Crippen LogP contribution >= 0.6 is 0 Å². The lowest BCUT2D eigenvalue weighted by molar-refractivity contribution is -0.122. The molecular weight excluding hydrogens is 450 g/mol. The van der Waals surface area contributed by atoms with E-state index in [0.717, 1.165) is 39.5 Å². The van der Waals surface area contributed by atoms with Gasteiger partial charge in [0.2, 0.25) is 5.91 Å². The minimum atomic E-state index is -0.260. The van der Waals surface area contributed by atoms with Crippen molar-refractivity contribution in [1.29, 1.82) is 0 Å². The predicted octanol–water partition coefficient (Wildman–Crippen LogP) is 6.06. The summed E-state index contributed by atoms with van der Waals surface area (Å²) >= 11 is 0. The Labute approximate surface area is 212 Å². The van der Waals surface area contributed by atoms with Crippen molar-refractivity contribution in [2.75, 3.05) is 0 Å². The Balaban J connectivity index is 1.36. The van der Waals surface area contributed by atoms with Crippen LogP contribution in [0.15, 0.2) is 90.1 Å². The first kappa shape index (κ1) is 23.9. The van der Waals surface area contributed by atoms with Crippen LogP contribution in [0.2, 0.25) is 0 Å². The zero-order valence-electron chi connectivity index (χ0n) is 20.7. The minimum Gasteiger partial charge on any atom is -0.491 e. The number of carbonyl (C=O) groups excluding carboxylic acids is 2. The van der Waals surface area contributed by atoms with Gasteiger partial charge in [0, 0.05) is 30.0 Å². The van der Waals surface area contributed by atoms with Gasteiger partial charge in [-0.25, -0.2) is 0 Å². The fourth-order valence-electron chi connectivity index (χ4n) is 5.13. The van der Waals surface area contributed by atoms with E-state index in [0.29, 0.717) is 19.4 Å². The number of benzene rings is 3. The van der Waals surface area contributed by atoms with Crippen LogP contribution < -0.4 is 14.8 Å². The Kier molecular flexibility index (Phi) is 6.90. The molecule has 0 bridgehead atoms. The standard InChI is InChI=1S/C31H31NO4/c1-20(2)36-25-13-11-22(12-14-25)24-16-28-31(29(33)17-24)27(18-30(34)32-28)23-9-6-10-26(15-23)35-19-21-7-4-3-5-8-21/h3-15,20,24,27H,16-19H2,1-2H3,(H,32,34). The molecule has 0 saturated carbocycles. The zero-order valence-corrected chi connectivity index (χ0v) is 20.7. The maximum absolute atomic E-state index is 13.4. The highest BCUT2D eigenvalue weighted by atomic mass is 16.5. The molecule has 1 aliphatic carbocycles. The van der Waals surface area contributed by atoms with Crippen molar-refractivity contribution in [1.82, 2.24) is 5.32 Å². The highest BCUT2D eigenvalue weighted by Gasteiger charge is 2.38. The minimum absolute atomic E-state index is 0.0314. The maximum Gasteiger partial charge on any atom is 0.225 e. The van der Waals surface area contributed by atoms with E-state index in [1.54, 1.807) is 0 Å². The molecule has 2 atom stereocenters. The highest BCUT2D eigenvalue weighted by molar-refractivity contribution is 6.02. The van der Waals surface area contributed by atoms with Gasteiger partial charge in [-0.3, -0.25) is 9.59 Å². The van der Waals surface area contributed by atoms with Crippen molar-refractivity contribution >= 4 is 11.7 Å². The normalized spacial score (nSPS) is 19.6. The molecule has 0 radical (unpaired) electrons. The number of rotatable bonds is 7.